The molecule has 4 atom stereocenters. The quantitative estimate of drug-likeness (QED) is 0.330. The smallest absolute Gasteiger partial charge is 0.506 e. The Balaban J connectivity index is 1.81. The van der Waals surface area contributed by atoms with Crippen molar-refractivity contribution in [3.05, 3.63) is 60.2 Å². The van der Waals surface area contributed by atoms with Gasteiger partial charge >= 0.3 is 19.1 Å². The maximum Gasteiger partial charge on any atom is 0.552 e. The average Bonchev–Trinajstić information content (AvgIpc) is 3.24. The lowest BCUT2D eigenvalue weighted by Crippen LogP contribution is -2.56. The summed E-state index contributed by atoms with van der Waals surface area (Å²) in [6.07, 6.45) is 3.29. The van der Waals surface area contributed by atoms with Gasteiger partial charge in [0.2, 0.25) is 5.91 Å². The first-order valence-electron chi connectivity index (χ1n) is 12.2. The molecular formula is C25H32BN5O7. The number of carbonyl (C=O) groups is 4. The number of benzene rings is 1. The summed E-state index contributed by atoms with van der Waals surface area (Å²) in [7, 11) is 1.84. The third kappa shape index (κ3) is 7.59. The van der Waals surface area contributed by atoms with Crippen molar-refractivity contribution in [3.8, 4) is 0 Å². The summed E-state index contributed by atoms with van der Waals surface area (Å²) in [5.74, 6) is -3.89. The predicted molar refractivity (Wildman–Crippen MR) is 137 cm³/mol. The molecule has 13 heteroatoms. The minimum atomic E-state index is -1.37. The van der Waals surface area contributed by atoms with Gasteiger partial charge in [-0.3, -0.25) is 29.1 Å². The Bertz CT molecular complexity index is 1120. The molecule has 1 aromatic heterocycles. The van der Waals surface area contributed by atoms with Crippen LogP contribution in [0.1, 0.15) is 36.3 Å². The molecule has 1 aromatic carbocycles. The standard InChI is InChI=1S/C25H32BN5O7/c1-15(2)12-19(26-37-21(25(36)38-26)20(24(34)35)31(3)4)30-22(32)17(13-16-8-6-5-7-9-16)29-23(33)18-14-27-10-11-28-18/h5-11,14-15,17,19-21H,12-13H2,1-4H3,(H,29,33)(H,30,32)(H,34,35)/t17?,19-,20?,21?/m0/s1. The molecule has 0 radical (unpaired) electrons. The molecule has 3 unspecified atom stereocenters. The van der Waals surface area contributed by atoms with Gasteiger partial charge in [0.1, 0.15) is 17.8 Å². The first-order chi connectivity index (χ1) is 18.1. The van der Waals surface area contributed by atoms with Gasteiger partial charge in [0.15, 0.2) is 6.10 Å². The Morgan fingerprint density at radius 3 is 2.42 bits per heavy atom. The number of amides is 2. The molecule has 2 aromatic rings. The Kier molecular flexibility index (Phi) is 9.91. The second-order valence-corrected chi connectivity index (χ2v) is 9.66. The molecule has 3 N–H and O–H groups in total. The number of hydrogen-bond acceptors (Lipinski definition) is 9. The van der Waals surface area contributed by atoms with E-state index in [2.05, 4.69) is 20.6 Å². The molecule has 0 bridgehead atoms. The van der Waals surface area contributed by atoms with E-state index in [1.807, 2.05) is 44.2 Å². The summed E-state index contributed by atoms with van der Waals surface area (Å²) in [5, 5.41) is 15.1. The van der Waals surface area contributed by atoms with Gasteiger partial charge in [-0.25, -0.2) is 4.98 Å². The summed E-state index contributed by atoms with van der Waals surface area (Å²) in [5.41, 5.74) is 0.864. The highest BCUT2D eigenvalue weighted by atomic mass is 16.7. The van der Waals surface area contributed by atoms with Crippen molar-refractivity contribution in [2.24, 2.45) is 5.92 Å². The van der Waals surface area contributed by atoms with Gasteiger partial charge in [-0.05, 0) is 32.0 Å². The van der Waals surface area contributed by atoms with E-state index in [4.69, 9.17) is 9.31 Å². The second-order valence-electron chi connectivity index (χ2n) is 9.66. The predicted octanol–water partition coefficient (Wildman–Crippen LogP) is 0.333. The van der Waals surface area contributed by atoms with Crippen LogP contribution in [0.4, 0.5) is 0 Å². The zero-order valence-corrected chi connectivity index (χ0v) is 21.7. The van der Waals surface area contributed by atoms with Crippen LogP contribution < -0.4 is 10.6 Å². The van der Waals surface area contributed by atoms with Crippen LogP contribution in [0, 0.1) is 5.92 Å². The van der Waals surface area contributed by atoms with Crippen LogP contribution >= 0.6 is 0 Å². The van der Waals surface area contributed by atoms with Crippen molar-refractivity contribution < 1.29 is 33.6 Å². The van der Waals surface area contributed by atoms with Gasteiger partial charge < -0.3 is 25.0 Å². The van der Waals surface area contributed by atoms with Gasteiger partial charge in [-0.1, -0.05) is 44.2 Å². The average molecular weight is 525 g/mol. The van der Waals surface area contributed by atoms with Crippen LogP contribution in [0.3, 0.4) is 0 Å². The summed E-state index contributed by atoms with van der Waals surface area (Å²) >= 11 is 0. The zero-order valence-electron chi connectivity index (χ0n) is 21.7. The number of aliphatic carboxylic acids is 1. The SMILES string of the molecule is CC(C)C[C@H](NC(=O)C(Cc1ccccc1)NC(=O)c1cnccn1)B1OC(=O)C(C(C(=O)O)N(C)C)O1. The van der Waals surface area contributed by atoms with Gasteiger partial charge in [0, 0.05) is 18.8 Å². The minimum Gasteiger partial charge on any atom is -0.506 e. The summed E-state index contributed by atoms with van der Waals surface area (Å²) < 4.78 is 11.2. The van der Waals surface area contributed by atoms with Crippen LogP contribution in [0.5, 0.6) is 0 Å². The third-order valence-corrected chi connectivity index (χ3v) is 5.92. The number of aromatic nitrogens is 2. The Morgan fingerprint density at radius 1 is 1.13 bits per heavy atom. The molecule has 202 valence electrons. The Labute approximate surface area is 221 Å². The number of rotatable bonds is 12. The summed E-state index contributed by atoms with van der Waals surface area (Å²) in [6.45, 7) is 3.84. The number of hydrogen-bond donors (Lipinski definition) is 3. The van der Waals surface area contributed by atoms with E-state index in [1.54, 1.807) is 0 Å². The molecule has 2 heterocycles. The number of nitrogens with zero attached hydrogens (tertiary/aromatic N) is 3. The van der Waals surface area contributed by atoms with Crippen LogP contribution in [-0.4, -0.2) is 89.1 Å². The first kappa shape index (κ1) is 28.7. The number of carboxylic acids is 1. The minimum absolute atomic E-state index is 0.0522. The van der Waals surface area contributed by atoms with Crippen LogP contribution in [0.25, 0.3) is 0 Å². The topological polar surface area (TPSA) is 160 Å². The van der Waals surface area contributed by atoms with E-state index in [9.17, 15) is 24.3 Å². The molecule has 12 nitrogen and oxygen atoms in total. The van der Waals surface area contributed by atoms with Crippen molar-refractivity contribution in [1.29, 1.82) is 0 Å². The lowest BCUT2D eigenvalue weighted by molar-refractivity contribution is -0.151. The van der Waals surface area contributed by atoms with Gasteiger partial charge in [0.05, 0.1) is 12.1 Å². The van der Waals surface area contributed by atoms with E-state index in [-0.39, 0.29) is 18.0 Å². The maximum atomic E-state index is 13.5. The van der Waals surface area contributed by atoms with E-state index in [0.29, 0.717) is 6.42 Å². The molecule has 1 aliphatic rings. The monoisotopic (exact) mass is 525 g/mol. The van der Waals surface area contributed by atoms with Crippen molar-refractivity contribution in [1.82, 2.24) is 25.5 Å². The fourth-order valence-electron chi connectivity index (χ4n) is 4.15. The fraction of sp³-hybridized carbons (Fsp3) is 0.440. The van der Waals surface area contributed by atoms with E-state index in [1.165, 1.54) is 37.6 Å². The second kappa shape index (κ2) is 13.1. The largest absolute Gasteiger partial charge is 0.552 e. The van der Waals surface area contributed by atoms with Gasteiger partial charge in [0.25, 0.3) is 5.91 Å². The van der Waals surface area contributed by atoms with Crippen molar-refractivity contribution in [3.63, 3.8) is 0 Å². The molecule has 0 saturated carbocycles. The molecular weight excluding hydrogens is 493 g/mol. The number of carbonyl (C=O) groups excluding carboxylic acids is 3. The highest BCUT2D eigenvalue weighted by Gasteiger charge is 2.51. The van der Waals surface area contributed by atoms with Crippen LogP contribution in [-0.2, 0) is 30.1 Å². The summed E-state index contributed by atoms with van der Waals surface area (Å²) in [4.78, 5) is 59.9. The number of likely N-dealkylation sites (N-methyl/N-ethyl adjacent to an activating group) is 1. The van der Waals surface area contributed by atoms with Crippen LogP contribution in [0.2, 0.25) is 0 Å². The van der Waals surface area contributed by atoms with Crippen LogP contribution in [0.15, 0.2) is 48.9 Å². The third-order valence-electron chi connectivity index (χ3n) is 5.92. The van der Waals surface area contributed by atoms with Gasteiger partial charge in [-0.15, -0.1) is 0 Å². The highest BCUT2D eigenvalue weighted by molar-refractivity contribution is 6.51. The molecule has 0 spiro atoms. The Morgan fingerprint density at radius 2 is 1.84 bits per heavy atom. The molecule has 1 saturated heterocycles. The highest BCUT2D eigenvalue weighted by Crippen LogP contribution is 2.22. The lowest BCUT2D eigenvalue weighted by atomic mass is 9.74. The first-order valence-corrected chi connectivity index (χ1v) is 12.2. The Hall–Kier alpha value is -3.84. The molecule has 0 aliphatic carbocycles. The van der Waals surface area contributed by atoms with Crippen molar-refractivity contribution in [2.75, 3.05) is 14.1 Å². The van der Waals surface area contributed by atoms with Crippen molar-refractivity contribution in [2.45, 2.75) is 50.8 Å². The van der Waals surface area contributed by atoms with Crippen molar-refractivity contribution >= 4 is 30.9 Å². The summed E-state index contributed by atoms with van der Waals surface area (Å²) in [6, 6.07) is 6.90. The fourth-order valence-corrected chi connectivity index (χ4v) is 4.15. The number of nitrogens with one attached hydrogen (secondary N) is 2. The molecule has 3 rings (SSSR count). The molecule has 1 aliphatic heterocycles. The zero-order chi connectivity index (χ0) is 27.8. The molecule has 1 fully saturated rings. The van der Waals surface area contributed by atoms with E-state index in [0.717, 1.165) is 5.56 Å². The van der Waals surface area contributed by atoms with E-state index >= 15 is 0 Å². The number of carboxylic acid groups (broad SMARTS) is 1. The molecule has 2 amide bonds. The molecule has 38 heavy (non-hydrogen) atoms. The lowest BCUT2D eigenvalue weighted by Gasteiger charge is -2.26. The normalized spacial score (nSPS) is 17.6. The maximum absolute atomic E-state index is 13.5. The van der Waals surface area contributed by atoms with E-state index < -0.39 is 55.0 Å². The van der Waals surface area contributed by atoms with Gasteiger partial charge in [-0.2, -0.15) is 0 Å².